The van der Waals surface area contributed by atoms with Gasteiger partial charge in [0.2, 0.25) is 0 Å². The lowest BCUT2D eigenvalue weighted by Crippen LogP contribution is -2.45. The highest BCUT2D eigenvalue weighted by atomic mass is 15.0. The smallest absolute Gasteiger partial charge is 0.0184 e. The molecule has 0 aromatic carbocycles. The Hall–Kier alpha value is -0.0400. The third kappa shape index (κ3) is 2.70. The molecular weight excluding hydrogens is 206 g/mol. The minimum Gasteiger partial charge on any atom is -0.308 e. The standard InChI is InChI=1S/C16H29N/c1-2-6-11-16-12-7-3-5-9-14(8-4-1)15(17-16)10-13-16/h14-15,17H,1-13H2. The summed E-state index contributed by atoms with van der Waals surface area (Å²) in [6.07, 6.45) is 19.3. The second-order valence-electron chi connectivity index (χ2n) is 6.88. The lowest BCUT2D eigenvalue weighted by atomic mass is 9.84. The Morgan fingerprint density at radius 3 is 2.06 bits per heavy atom. The SMILES string of the molecule is C1CCCC23CCCCCC(CC1)C(CC2)N3. The molecule has 3 aliphatic rings. The molecule has 0 saturated carbocycles. The largest absolute Gasteiger partial charge is 0.308 e. The maximum absolute atomic E-state index is 4.12. The van der Waals surface area contributed by atoms with Gasteiger partial charge in [-0.25, -0.2) is 0 Å². The molecule has 3 bridgehead atoms. The molecule has 1 heteroatoms. The first-order chi connectivity index (χ1) is 8.38. The van der Waals surface area contributed by atoms with E-state index in [0.29, 0.717) is 5.54 Å². The van der Waals surface area contributed by atoms with Crippen LogP contribution in [-0.4, -0.2) is 11.6 Å². The maximum atomic E-state index is 4.12. The van der Waals surface area contributed by atoms with Crippen molar-refractivity contribution in [2.24, 2.45) is 5.92 Å². The molecule has 3 atom stereocenters. The predicted octanol–water partition coefficient (Wildman–Crippen LogP) is 4.41. The summed E-state index contributed by atoms with van der Waals surface area (Å²) < 4.78 is 0. The van der Waals surface area contributed by atoms with Gasteiger partial charge in [-0.1, -0.05) is 44.9 Å². The van der Waals surface area contributed by atoms with E-state index in [0.717, 1.165) is 12.0 Å². The number of rotatable bonds is 0. The van der Waals surface area contributed by atoms with Crippen LogP contribution in [0.1, 0.15) is 83.5 Å². The van der Waals surface area contributed by atoms with Gasteiger partial charge in [-0.3, -0.25) is 0 Å². The second kappa shape index (κ2) is 5.30. The molecule has 1 N–H and O–H groups in total. The Kier molecular flexibility index (Phi) is 3.75. The van der Waals surface area contributed by atoms with Gasteiger partial charge in [-0.15, -0.1) is 0 Å². The van der Waals surface area contributed by atoms with Crippen LogP contribution < -0.4 is 5.32 Å². The van der Waals surface area contributed by atoms with Crippen LogP contribution >= 0.6 is 0 Å². The van der Waals surface area contributed by atoms with Gasteiger partial charge in [0, 0.05) is 11.6 Å². The van der Waals surface area contributed by atoms with Crippen molar-refractivity contribution in [3.63, 3.8) is 0 Å². The van der Waals surface area contributed by atoms with E-state index in [9.17, 15) is 0 Å². The fourth-order valence-corrected chi connectivity index (χ4v) is 4.66. The van der Waals surface area contributed by atoms with E-state index in [1.54, 1.807) is 0 Å². The summed E-state index contributed by atoms with van der Waals surface area (Å²) in [5.74, 6) is 1.01. The molecule has 17 heavy (non-hydrogen) atoms. The zero-order chi connectivity index (χ0) is 11.6. The Morgan fingerprint density at radius 2 is 1.29 bits per heavy atom. The van der Waals surface area contributed by atoms with Crippen molar-refractivity contribution in [3.05, 3.63) is 0 Å². The van der Waals surface area contributed by atoms with Crippen LogP contribution in [0, 0.1) is 5.92 Å². The van der Waals surface area contributed by atoms with Crippen molar-refractivity contribution in [1.82, 2.24) is 5.32 Å². The molecule has 0 amide bonds. The third-order valence-electron chi connectivity index (χ3n) is 5.71. The number of hydrogen-bond acceptors (Lipinski definition) is 1. The minimum absolute atomic E-state index is 0.574. The monoisotopic (exact) mass is 235 g/mol. The molecule has 0 aromatic heterocycles. The fraction of sp³-hybridized carbons (Fsp3) is 1.00. The molecule has 3 aliphatic heterocycles. The molecule has 0 aliphatic carbocycles. The fourth-order valence-electron chi connectivity index (χ4n) is 4.66. The van der Waals surface area contributed by atoms with E-state index >= 15 is 0 Å². The van der Waals surface area contributed by atoms with Crippen molar-refractivity contribution in [1.29, 1.82) is 0 Å². The average molecular weight is 235 g/mol. The van der Waals surface area contributed by atoms with E-state index in [-0.39, 0.29) is 0 Å². The van der Waals surface area contributed by atoms with Gasteiger partial charge in [-0.05, 0) is 44.4 Å². The topological polar surface area (TPSA) is 12.0 Å². The van der Waals surface area contributed by atoms with Gasteiger partial charge in [0.1, 0.15) is 0 Å². The van der Waals surface area contributed by atoms with Crippen molar-refractivity contribution in [2.45, 2.75) is 95.1 Å². The quantitative estimate of drug-likeness (QED) is 0.655. The van der Waals surface area contributed by atoms with Gasteiger partial charge < -0.3 is 5.32 Å². The molecule has 0 radical (unpaired) electrons. The van der Waals surface area contributed by atoms with Crippen LogP contribution in [0.2, 0.25) is 0 Å². The first-order valence-corrected chi connectivity index (χ1v) is 8.16. The predicted molar refractivity (Wildman–Crippen MR) is 73.2 cm³/mol. The molecule has 3 fully saturated rings. The molecule has 3 rings (SSSR count). The van der Waals surface area contributed by atoms with Crippen LogP contribution in [0.25, 0.3) is 0 Å². The number of nitrogens with one attached hydrogen (secondary N) is 1. The van der Waals surface area contributed by atoms with E-state index in [1.165, 1.54) is 83.5 Å². The molecule has 3 unspecified atom stereocenters. The molecule has 1 nitrogen and oxygen atoms in total. The minimum atomic E-state index is 0.574. The van der Waals surface area contributed by atoms with E-state index < -0.39 is 0 Å². The molecule has 3 saturated heterocycles. The first-order valence-electron chi connectivity index (χ1n) is 8.16. The third-order valence-corrected chi connectivity index (χ3v) is 5.71. The highest BCUT2D eigenvalue weighted by Crippen LogP contribution is 2.40. The Labute approximate surface area is 107 Å². The molecule has 3 heterocycles. The Morgan fingerprint density at radius 1 is 0.647 bits per heavy atom. The summed E-state index contributed by atoms with van der Waals surface area (Å²) >= 11 is 0. The zero-order valence-electron chi connectivity index (χ0n) is 11.3. The first kappa shape index (κ1) is 12.0. The molecule has 0 aromatic rings. The maximum Gasteiger partial charge on any atom is 0.0184 e. The lowest BCUT2D eigenvalue weighted by Gasteiger charge is -2.33. The van der Waals surface area contributed by atoms with Crippen molar-refractivity contribution < 1.29 is 0 Å². The summed E-state index contributed by atoms with van der Waals surface area (Å²) in [4.78, 5) is 0. The lowest BCUT2D eigenvalue weighted by molar-refractivity contribution is 0.257. The summed E-state index contributed by atoms with van der Waals surface area (Å²) in [5.41, 5.74) is 0.574. The summed E-state index contributed by atoms with van der Waals surface area (Å²) in [6.45, 7) is 0. The van der Waals surface area contributed by atoms with Crippen LogP contribution in [0.15, 0.2) is 0 Å². The molecular formula is C16H29N. The van der Waals surface area contributed by atoms with E-state index in [1.807, 2.05) is 0 Å². The molecule has 0 spiro atoms. The summed E-state index contributed by atoms with van der Waals surface area (Å²) in [7, 11) is 0. The normalized spacial score (nSPS) is 43.8. The van der Waals surface area contributed by atoms with Crippen molar-refractivity contribution in [2.75, 3.05) is 0 Å². The number of hydrogen-bond donors (Lipinski definition) is 1. The average Bonchev–Trinajstić information content (AvgIpc) is 2.77. The second-order valence-corrected chi connectivity index (χ2v) is 6.88. The van der Waals surface area contributed by atoms with Crippen molar-refractivity contribution in [3.8, 4) is 0 Å². The van der Waals surface area contributed by atoms with Gasteiger partial charge in [-0.2, -0.15) is 0 Å². The van der Waals surface area contributed by atoms with Crippen LogP contribution in [-0.2, 0) is 0 Å². The van der Waals surface area contributed by atoms with Gasteiger partial charge in [0.25, 0.3) is 0 Å². The van der Waals surface area contributed by atoms with Crippen LogP contribution in [0.5, 0.6) is 0 Å². The van der Waals surface area contributed by atoms with E-state index in [4.69, 9.17) is 0 Å². The summed E-state index contributed by atoms with van der Waals surface area (Å²) in [5, 5.41) is 4.12. The highest BCUT2D eigenvalue weighted by Gasteiger charge is 2.40. The Bertz CT molecular complexity index is 248. The zero-order valence-corrected chi connectivity index (χ0v) is 11.3. The van der Waals surface area contributed by atoms with Crippen molar-refractivity contribution >= 4 is 0 Å². The highest BCUT2D eigenvalue weighted by molar-refractivity contribution is 5.00. The van der Waals surface area contributed by atoms with Crippen LogP contribution in [0.4, 0.5) is 0 Å². The van der Waals surface area contributed by atoms with Gasteiger partial charge in [0.05, 0.1) is 0 Å². The van der Waals surface area contributed by atoms with E-state index in [2.05, 4.69) is 5.32 Å². The van der Waals surface area contributed by atoms with Gasteiger partial charge in [0.15, 0.2) is 0 Å². The van der Waals surface area contributed by atoms with Gasteiger partial charge >= 0.3 is 0 Å². The molecule has 98 valence electrons. The Balaban J connectivity index is 1.79. The van der Waals surface area contributed by atoms with Crippen LogP contribution in [0.3, 0.4) is 0 Å². The summed E-state index contributed by atoms with van der Waals surface area (Å²) in [6, 6.07) is 0.881.